The van der Waals surface area contributed by atoms with Crippen LogP contribution in [0.25, 0.3) is 0 Å². The molecule has 0 bridgehead atoms. The summed E-state index contributed by atoms with van der Waals surface area (Å²) in [6.07, 6.45) is 5.13. The summed E-state index contributed by atoms with van der Waals surface area (Å²) in [6.45, 7) is 7.38. The maximum Gasteiger partial charge on any atom is 0.0148 e. The van der Waals surface area contributed by atoms with E-state index in [1.54, 1.807) is 0 Å². The lowest BCUT2D eigenvalue weighted by Crippen LogP contribution is -2.44. The second-order valence-corrected chi connectivity index (χ2v) is 6.62. The van der Waals surface area contributed by atoms with Gasteiger partial charge in [0, 0.05) is 19.1 Å². The van der Waals surface area contributed by atoms with Gasteiger partial charge in [-0.1, -0.05) is 31.2 Å². The van der Waals surface area contributed by atoms with Crippen LogP contribution in [0.3, 0.4) is 0 Å². The van der Waals surface area contributed by atoms with Gasteiger partial charge in [-0.15, -0.1) is 0 Å². The Bertz CT molecular complexity index is 426. The quantitative estimate of drug-likeness (QED) is 0.831. The molecule has 0 saturated carbocycles. The number of nitrogens with zero attached hydrogens (tertiary/aromatic N) is 2. The van der Waals surface area contributed by atoms with E-state index in [0.29, 0.717) is 0 Å². The highest BCUT2D eigenvalue weighted by atomic mass is 15.2. The average Bonchev–Trinajstić information content (AvgIpc) is 2.88. The smallest absolute Gasteiger partial charge is 0.0148 e. The summed E-state index contributed by atoms with van der Waals surface area (Å²) in [4.78, 5) is 5.26. The van der Waals surface area contributed by atoms with Crippen LogP contribution in [-0.4, -0.2) is 49.1 Å². The molecule has 2 fully saturated rings. The highest BCUT2D eigenvalue weighted by Gasteiger charge is 2.36. The van der Waals surface area contributed by atoms with Gasteiger partial charge in [-0.25, -0.2) is 0 Å². The van der Waals surface area contributed by atoms with Gasteiger partial charge in [0.05, 0.1) is 0 Å². The first kappa shape index (κ1) is 14.1. The Hall–Kier alpha value is -0.860. The molecule has 0 N–H and O–H groups in total. The van der Waals surface area contributed by atoms with E-state index in [4.69, 9.17) is 0 Å². The molecule has 0 aliphatic carbocycles. The van der Waals surface area contributed by atoms with E-state index in [1.807, 2.05) is 0 Å². The molecule has 2 nitrogen and oxygen atoms in total. The van der Waals surface area contributed by atoms with Crippen molar-refractivity contribution in [1.82, 2.24) is 9.80 Å². The van der Waals surface area contributed by atoms with Crippen LogP contribution < -0.4 is 0 Å². The van der Waals surface area contributed by atoms with Crippen molar-refractivity contribution >= 4 is 0 Å². The summed E-state index contributed by atoms with van der Waals surface area (Å²) in [5.41, 5.74) is 2.95. The Morgan fingerprint density at radius 2 is 1.80 bits per heavy atom. The van der Waals surface area contributed by atoms with Gasteiger partial charge in [0.15, 0.2) is 0 Å². The van der Waals surface area contributed by atoms with Crippen LogP contribution in [0.15, 0.2) is 24.3 Å². The Balaban J connectivity index is 1.53. The summed E-state index contributed by atoms with van der Waals surface area (Å²) >= 11 is 0. The SMILES string of the molecule is CCc1ccc(CCN2CC[C@@H]3CN(C)CC[C@H]32)cc1. The highest BCUT2D eigenvalue weighted by Crippen LogP contribution is 2.30. The predicted octanol–water partition coefficient (Wildman–Crippen LogP) is 2.82. The van der Waals surface area contributed by atoms with Gasteiger partial charge in [0.2, 0.25) is 0 Å². The summed E-state index contributed by atoms with van der Waals surface area (Å²) in [5.74, 6) is 0.927. The van der Waals surface area contributed by atoms with E-state index in [0.717, 1.165) is 18.4 Å². The van der Waals surface area contributed by atoms with Crippen molar-refractivity contribution in [2.75, 3.05) is 33.2 Å². The van der Waals surface area contributed by atoms with Crippen molar-refractivity contribution in [3.63, 3.8) is 0 Å². The van der Waals surface area contributed by atoms with Crippen LogP contribution in [0, 0.1) is 5.92 Å². The third kappa shape index (κ3) is 3.07. The number of aryl methyl sites for hydroxylation is 1. The minimum Gasteiger partial charge on any atom is -0.306 e. The van der Waals surface area contributed by atoms with Crippen molar-refractivity contribution in [3.05, 3.63) is 35.4 Å². The van der Waals surface area contributed by atoms with Crippen molar-refractivity contribution < 1.29 is 0 Å². The minimum absolute atomic E-state index is 0.862. The maximum atomic E-state index is 2.76. The number of rotatable bonds is 4. The number of fused-ring (bicyclic) bond motifs is 1. The van der Waals surface area contributed by atoms with Crippen LogP contribution in [0.5, 0.6) is 0 Å². The molecular formula is C18H28N2. The normalized spacial score (nSPS) is 27.7. The van der Waals surface area contributed by atoms with Gasteiger partial charge < -0.3 is 4.90 Å². The number of benzene rings is 1. The number of hydrogen-bond acceptors (Lipinski definition) is 2. The molecule has 20 heavy (non-hydrogen) atoms. The first-order valence-electron chi connectivity index (χ1n) is 8.26. The van der Waals surface area contributed by atoms with E-state index >= 15 is 0 Å². The third-order valence-electron chi connectivity index (χ3n) is 5.27. The van der Waals surface area contributed by atoms with E-state index in [2.05, 4.69) is 48.0 Å². The third-order valence-corrected chi connectivity index (χ3v) is 5.27. The molecule has 110 valence electrons. The lowest BCUT2D eigenvalue weighted by molar-refractivity contribution is 0.130. The lowest BCUT2D eigenvalue weighted by Gasteiger charge is -2.36. The fraction of sp³-hybridized carbons (Fsp3) is 0.667. The van der Waals surface area contributed by atoms with Crippen molar-refractivity contribution in [2.24, 2.45) is 5.92 Å². The minimum atomic E-state index is 0.862. The zero-order chi connectivity index (χ0) is 13.9. The molecular weight excluding hydrogens is 244 g/mol. The fourth-order valence-corrected chi connectivity index (χ4v) is 3.96. The zero-order valence-electron chi connectivity index (χ0n) is 13.0. The largest absolute Gasteiger partial charge is 0.306 e. The molecule has 2 atom stereocenters. The van der Waals surface area contributed by atoms with Crippen molar-refractivity contribution in [2.45, 2.75) is 38.6 Å². The van der Waals surface area contributed by atoms with Crippen molar-refractivity contribution in [1.29, 1.82) is 0 Å². The van der Waals surface area contributed by atoms with Crippen LogP contribution in [0.1, 0.15) is 30.9 Å². The van der Waals surface area contributed by atoms with Gasteiger partial charge in [0.1, 0.15) is 0 Å². The molecule has 2 heteroatoms. The molecule has 2 aliphatic rings. The van der Waals surface area contributed by atoms with E-state index in [9.17, 15) is 0 Å². The lowest BCUT2D eigenvalue weighted by atomic mass is 9.93. The van der Waals surface area contributed by atoms with Gasteiger partial charge in [-0.3, -0.25) is 4.90 Å². The maximum absolute atomic E-state index is 2.76. The van der Waals surface area contributed by atoms with E-state index in [1.165, 1.54) is 56.6 Å². The van der Waals surface area contributed by atoms with Gasteiger partial charge in [-0.05, 0) is 62.9 Å². The summed E-state index contributed by atoms with van der Waals surface area (Å²) in [7, 11) is 2.27. The number of hydrogen-bond donors (Lipinski definition) is 0. The van der Waals surface area contributed by atoms with E-state index in [-0.39, 0.29) is 0 Å². The molecule has 0 amide bonds. The Morgan fingerprint density at radius 3 is 2.55 bits per heavy atom. The average molecular weight is 272 g/mol. The molecule has 0 radical (unpaired) electrons. The second-order valence-electron chi connectivity index (χ2n) is 6.62. The summed E-state index contributed by atoms with van der Waals surface area (Å²) in [6, 6.07) is 10.1. The molecule has 2 heterocycles. The molecule has 1 aromatic rings. The Morgan fingerprint density at radius 1 is 1.05 bits per heavy atom. The predicted molar refractivity (Wildman–Crippen MR) is 85.1 cm³/mol. The molecule has 3 rings (SSSR count). The topological polar surface area (TPSA) is 6.48 Å². The van der Waals surface area contributed by atoms with Crippen LogP contribution in [0.4, 0.5) is 0 Å². The van der Waals surface area contributed by atoms with Gasteiger partial charge in [-0.2, -0.15) is 0 Å². The second kappa shape index (κ2) is 6.28. The number of likely N-dealkylation sites (tertiary alicyclic amines) is 2. The molecule has 0 spiro atoms. The molecule has 0 aromatic heterocycles. The standard InChI is InChI=1S/C18H28N2/c1-3-15-4-6-16(7-5-15)8-12-20-13-9-17-14-19(2)11-10-18(17)20/h4-7,17-18H,3,8-14H2,1-2H3/t17-,18-/m1/s1. The number of piperidine rings is 1. The van der Waals surface area contributed by atoms with Gasteiger partial charge in [0.25, 0.3) is 0 Å². The van der Waals surface area contributed by atoms with Crippen LogP contribution >= 0.6 is 0 Å². The molecule has 1 aromatic carbocycles. The molecule has 2 aliphatic heterocycles. The first-order valence-corrected chi connectivity index (χ1v) is 8.26. The van der Waals surface area contributed by atoms with Crippen molar-refractivity contribution in [3.8, 4) is 0 Å². The molecule has 0 unspecified atom stereocenters. The Kier molecular flexibility index (Phi) is 4.42. The van der Waals surface area contributed by atoms with Crippen LogP contribution in [-0.2, 0) is 12.8 Å². The van der Waals surface area contributed by atoms with Gasteiger partial charge >= 0.3 is 0 Å². The monoisotopic (exact) mass is 272 g/mol. The highest BCUT2D eigenvalue weighted by molar-refractivity contribution is 5.22. The van der Waals surface area contributed by atoms with Crippen LogP contribution in [0.2, 0.25) is 0 Å². The zero-order valence-corrected chi connectivity index (χ0v) is 13.0. The summed E-state index contributed by atoms with van der Waals surface area (Å²) in [5, 5.41) is 0. The summed E-state index contributed by atoms with van der Waals surface area (Å²) < 4.78 is 0. The Labute approximate surface area is 123 Å². The first-order chi connectivity index (χ1) is 9.76. The molecule has 2 saturated heterocycles. The fourth-order valence-electron chi connectivity index (χ4n) is 3.96. The van der Waals surface area contributed by atoms with E-state index < -0.39 is 0 Å².